The Bertz CT molecular complexity index is 3240. The van der Waals surface area contributed by atoms with Gasteiger partial charge in [-0.1, -0.05) is 11.6 Å². The molecule has 0 aliphatic carbocycles. The maximum atomic E-state index is 14.9. The molecule has 0 atom stereocenters. The van der Waals surface area contributed by atoms with Gasteiger partial charge in [0.1, 0.15) is 28.8 Å². The molecule has 0 spiro atoms. The number of rotatable bonds is 6. The quantitative estimate of drug-likeness (QED) is 0.137. The van der Waals surface area contributed by atoms with Crippen LogP contribution in [0.3, 0.4) is 0 Å². The van der Waals surface area contributed by atoms with Crippen molar-refractivity contribution in [3.8, 4) is 0 Å². The molecule has 9 rings (SSSR count). The van der Waals surface area contributed by atoms with E-state index >= 15 is 0 Å². The lowest BCUT2D eigenvalue weighted by Gasteiger charge is -2.16. The maximum Gasteiger partial charge on any atom is 0.257 e. The largest absolute Gasteiger partial charge is 0.319 e. The van der Waals surface area contributed by atoms with Gasteiger partial charge in [0.05, 0.1) is 43.9 Å². The Morgan fingerprint density at radius 1 is 0.541 bits per heavy atom. The lowest BCUT2D eigenvalue weighted by molar-refractivity contribution is -0.122. The Morgan fingerprint density at radius 2 is 0.959 bits per heavy atom. The van der Waals surface area contributed by atoms with Crippen LogP contribution in [0.25, 0.3) is 0 Å². The third kappa shape index (κ3) is 9.52. The fourth-order valence-corrected chi connectivity index (χ4v) is 9.11. The number of aromatic nitrogens is 3. The molecular weight excluding hydrogens is 989 g/mol. The predicted molar refractivity (Wildman–Crippen MR) is 269 cm³/mol. The van der Waals surface area contributed by atoms with Crippen LogP contribution in [-0.2, 0) is 30.6 Å². The molecule has 0 unspecified atom stereocenters. The highest BCUT2D eigenvalue weighted by molar-refractivity contribution is 6.34. The smallest absolute Gasteiger partial charge is 0.257 e. The number of nitrogens with one attached hydrogen (secondary N) is 3. The summed E-state index contributed by atoms with van der Waals surface area (Å²) in [4.78, 5) is 89.2. The Balaban J connectivity index is 0.000000162. The summed E-state index contributed by atoms with van der Waals surface area (Å²) in [5.41, 5.74) is -0.510. The van der Waals surface area contributed by atoms with E-state index in [1.807, 2.05) is 0 Å². The number of carbonyl (C=O) groups excluding carboxylic acids is 6. The Labute approximate surface area is 427 Å². The first-order chi connectivity index (χ1) is 34.5. The van der Waals surface area contributed by atoms with Crippen molar-refractivity contribution in [1.29, 1.82) is 0 Å². The summed E-state index contributed by atoms with van der Waals surface area (Å²) in [7, 11) is 4.47. The average Bonchev–Trinajstić information content (AvgIpc) is 3.71. The highest BCUT2D eigenvalue weighted by Crippen LogP contribution is 2.47. The van der Waals surface area contributed by atoms with E-state index < -0.39 is 74.4 Å². The Hall–Kier alpha value is -8.13. The molecule has 0 saturated carbocycles. The number of hydrogen-bond donors (Lipinski definition) is 3. The topological polar surface area (TPSA) is 187 Å². The molecular formula is C53H49ClF5N9O6. The zero-order valence-corrected chi connectivity index (χ0v) is 42.7. The van der Waals surface area contributed by atoms with Crippen molar-refractivity contribution in [2.24, 2.45) is 0 Å². The molecule has 0 radical (unpaired) electrons. The number of carbonyl (C=O) groups is 6. The van der Waals surface area contributed by atoms with Gasteiger partial charge >= 0.3 is 0 Å². The van der Waals surface area contributed by atoms with Crippen LogP contribution < -0.4 is 30.7 Å². The van der Waals surface area contributed by atoms with Crippen molar-refractivity contribution in [1.82, 2.24) is 15.0 Å². The van der Waals surface area contributed by atoms with Gasteiger partial charge in [-0.15, -0.1) is 0 Å². The molecule has 0 bridgehead atoms. The van der Waals surface area contributed by atoms with Gasteiger partial charge in [0.2, 0.25) is 17.7 Å². The molecule has 3 aliphatic heterocycles. The number of amides is 6. The van der Waals surface area contributed by atoms with E-state index in [1.165, 1.54) is 86.2 Å². The van der Waals surface area contributed by atoms with Gasteiger partial charge in [-0.2, -0.15) is 0 Å². The summed E-state index contributed by atoms with van der Waals surface area (Å²) < 4.78 is 73.1. The van der Waals surface area contributed by atoms with Gasteiger partial charge in [-0.05, 0) is 127 Å². The van der Waals surface area contributed by atoms with Crippen molar-refractivity contribution >= 4 is 81.2 Å². The highest BCUT2D eigenvalue weighted by atomic mass is 35.5. The molecule has 0 fully saturated rings. The minimum Gasteiger partial charge on any atom is -0.319 e. The molecule has 15 nitrogen and oxygen atoms in total. The minimum absolute atomic E-state index is 0.0102. The molecule has 21 heteroatoms. The van der Waals surface area contributed by atoms with Crippen LogP contribution in [0.4, 0.5) is 56.1 Å². The van der Waals surface area contributed by atoms with E-state index in [9.17, 15) is 50.7 Å². The number of aryl methyl sites for hydroxylation is 2. The van der Waals surface area contributed by atoms with Crippen LogP contribution in [0.1, 0.15) is 101 Å². The zero-order chi connectivity index (χ0) is 54.7. The fourth-order valence-electron chi connectivity index (χ4n) is 8.90. The van der Waals surface area contributed by atoms with E-state index in [0.717, 1.165) is 21.9 Å². The van der Waals surface area contributed by atoms with Crippen molar-refractivity contribution in [3.05, 3.63) is 158 Å². The van der Waals surface area contributed by atoms with E-state index in [2.05, 4.69) is 30.9 Å². The highest BCUT2D eigenvalue weighted by Gasteiger charge is 2.47. The lowest BCUT2D eigenvalue weighted by Crippen LogP contribution is -2.33. The van der Waals surface area contributed by atoms with Crippen molar-refractivity contribution in [2.45, 2.75) is 71.6 Å². The third-order valence-electron chi connectivity index (χ3n) is 13.1. The van der Waals surface area contributed by atoms with Crippen LogP contribution in [0.5, 0.6) is 0 Å². The van der Waals surface area contributed by atoms with Crippen LogP contribution in [0.15, 0.2) is 79.4 Å². The summed E-state index contributed by atoms with van der Waals surface area (Å²) >= 11 is 5.93. The monoisotopic (exact) mass is 1040 g/mol. The van der Waals surface area contributed by atoms with Crippen LogP contribution in [0, 0.1) is 42.9 Å². The number of benzene rings is 3. The molecule has 6 aromatic rings. The maximum absolute atomic E-state index is 14.9. The summed E-state index contributed by atoms with van der Waals surface area (Å²) in [5, 5.41) is 7.19. The number of halogens is 6. The van der Waals surface area contributed by atoms with E-state index in [1.54, 1.807) is 62.4 Å². The summed E-state index contributed by atoms with van der Waals surface area (Å²) in [6, 6.07) is 12.3. The molecule has 6 amide bonds. The first-order valence-corrected chi connectivity index (χ1v) is 23.0. The molecule has 384 valence electrons. The molecule has 3 aromatic carbocycles. The lowest BCUT2D eigenvalue weighted by atomic mass is 9.86. The molecule has 6 heterocycles. The molecule has 74 heavy (non-hydrogen) atoms. The van der Waals surface area contributed by atoms with Gasteiger partial charge < -0.3 is 30.7 Å². The molecule has 3 aromatic heterocycles. The summed E-state index contributed by atoms with van der Waals surface area (Å²) in [6.45, 7) is 13.3. The number of nitrogens with zero attached hydrogens (tertiary/aromatic N) is 6. The van der Waals surface area contributed by atoms with E-state index in [0.29, 0.717) is 22.6 Å². The zero-order valence-electron chi connectivity index (χ0n) is 41.9. The van der Waals surface area contributed by atoms with Crippen molar-refractivity contribution in [2.75, 3.05) is 51.8 Å². The summed E-state index contributed by atoms with van der Waals surface area (Å²) in [6.07, 6.45) is 5.64. The van der Waals surface area contributed by atoms with E-state index in [-0.39, 0.29) is 67.6 Å². The number of anilines is 6. The summed E-state index contributed by atoms with van der Waals surface area (Å²) in [5.74, 6) is -7.05. The SMILES string of the molecule is CN1C(=O)C(C)(C)c2cc(F)c(NC(=O)c3ccncc3Cl)cc21.Cc1cc(C(=O)Nc2c(F)cc3c(c2F)N(C)C(=O)C3(C)C)ccn1.Cc1cc(C(=O)Nc2c(F)cc3c(c2F)N(C)C(=O)C3(C)C)ccn1. The van der Waals surface area contributed by atoms with E-state index in [4.69, 9.17) is 11.6 Å². The fraction of sp³-hybridized carbons (Fsp3) is 0.264. The second-order valence-corrected chi connectivity index (χ2v) is 19.7. The average molecular weight is 1040 g/mol. The third-order valence-corrected chi connectivity index (χ3v) is 13.4. The molecule has 3 aliphatic rings. The standard InChI is InChI=1S/2C18H17F2N3O2.C17H15ClFN3O2/c2*1-9-7-10(5-6-21-9)16(24)22-14-12(19)8-11-15(13(14)20)23(4)17(25)18(11,2)3;1-17(2)10-6-12(19)13(7-14(10)22(3)16(17)24)21-15(23)9-4-5-20-8-11(9)18/h2*5-8H,1-4H3,(H,22,24);4-8H,1-3H3,(H,21,23). The van der Waals surface area contributed by atoms with Crippen LogP contribution >= 0.6 is 11.6 Å². The van der Waals surface area contributed by atoms with Gasteiger partial charge in [-0.3, -0.25) is 43.7 Å². The first kappa shape index (κ1) is 53.7. The second-order valence-electron chi connectivity index (χ2n) is 19.3. The second kappa shape index (κ2) is 19.7. The van der Waals surface area contributed by atoms with Gasteiger partial charge in [0.25, 0.3) is 17.7 Å². The number of pyridine rings is 3. The number of fused-ring (bicyclic) bond motifs is 3. The predicted octanol–water partition coefficient (Wildman–Crippen LogP) is 9.73. The normalized spacial score (nSPS) is 15.3. The Kier molecular flexibility index (Phi) is 14.3. The molecule has 3 N–H and O–H groups in total. The van der Waals surface area contributed by atoms with Gasteiger partial charge in [0, 0.05) is 74.1 Å². The van der Waals surface area contributed by atoms with Crippen LogP contribution in [-0.4, -0.2) is 71.5 Å². The Morgan fingerprint density at radius 3 is 1.39 bits per heavy atom. The van der Waals surface area contributed by atoms with Crippen molar-refractivity contribution in [3.63, 3.8) is 0 Å². The molecule has 0 saturated heterocycles. The van der Waals surface area contributed by atoms with Crippen LogP contribution in [0.2, 0.25) is 5.02 Å². The van der Waals surface area contributed by atoms with Gasteiger partial charge in [-0.25, -0.2) is 22.0 Å². The van der Waals surface area contributed by atoms with Crippen molar-refractivity contribution < 1.29 is 50.7 Å². The first-order valence-electron chi connectivity index (χ1n) is 22.6. The number of hydrogen-bond acceptors (Lipinski definition) is 9. The number of likely N-dealkylation sites (N-methyl/N-ethyl adjacent to an activating group) is 3. The minimum atomic E-state index is -1.03. The van der Waals surface area contributed by atoms with Gasteiger partial charge in [0.15, 0.2) is 11.6 Å².